The van der Waals surface area contributed by atoms with Crippen LogP contribution in [0.15, 0.2) is 58.7 Å². The second kappa shape index (κ2) is 8.30. The van der Waals surface area contributed by atoms with Crippen LogP contribution in [0.4, 0.5) is 0 Å². The van der Waals surface area contributed by atoms with Gasteiger partial charge in [0.1, 0.15) is 4.90 Å². The molecule has 8 nitrogen and oxygen atoms in total. The van der Waals surface area contributed by atoms with Crippen molar-refractivity contribution < 1.29 is 8.42 Å². The van der Waals surface area contributed by atoms with E-state index in [1.165, 1.54) is 23.0 Å². The highest BCUT2D eigenvalue weighted by Gasteiger charge is 2.20. The van der Waals surface area contributed by atoms with Crippen molar-refractivity contribution in [2.45, 2.75) is 37.0 Å². The van der Waals surface area contributed by atoms with Crippen molar-refractivity contribution >= 4 is 10.0 Å². The molecule has 0 atom stereocenters. The van der Waals surface area contributed by atoms with E-state index in [2.05, 4.69) is 19.8 Å². The summed E-state index contributed by atoms with van der Waals surface area (Å²) in [5, 5.41) is 2.89. The molecule has 0 unspecified atom stereocenters. The monoisotopic (exact) mass is 413 g/mol. The van der Waals surface area contributed by atoms with E-state index in [1.54, 1.807) is 18.6 Å². The van der Waals surface area contributed by atoms with Crippen LogP contribution in [-0.4, -0.2) is 34.7 Å². The van der Waals surface area contributed by atoms with Gasteiger partial charge in [0.05, 0.1) is 0 Å². The van der Waals surface area contributed by atoms with Crippen molar-refractivity contribution in [2.75, 3.05) is 6.54 Å². The standard InChI is InChI=1S/C20H23N5O3S/c26-20-17(10-16-6-3-9-21-11-16)13-23-25(20)19-8-7-18(14-22-19)29(27,28)24-12-15-4-1-2-5-15/h3,6-9,11,13-15,23-24H,1-2,4-5,10,12H2. The Morgan fingerprint density at radius 2 is 2.00 bits per heavy atom. The summed E-state index contributed by atoms with van der Waals surface area (Å²) in [6.07, 6.45) is 11.2. The molecule has 0 spiro atoms. The number of nitrogens with one attached hydrogen (secondary N) is 2. The summed E-state index contributed by atoms with van der Waals surface area (Å²) in [6.45, 7) is 0.456. The molecular formula is C20H23N5O3S. The lowest BCUT2D eigenvalue weighted by molar-refractivity contribution is 0.519. The molecule has 1 saturated carbocycles. The third kappa shape index (κ3) is 4.46. The number of rotatable bonds is 7. The molecule has 0 bridgehead atoms. The Labute approximate surface area is 169 Å². The van der Waals surface area contributed by atoms with Crippen molar-refractivity contribution in [2.24, 2.45) is 5.92 Å². The number of aromatic amines is 1. The van der Waals surface area contributed by atoms with Gasteiger partial charge in [0.2, 0.25) is 10.0 Å². The summed E-state index contributed by atoms with van der Waals surface area (Å²) < 4.78 is 28.9. The molecule has 3 aromatic heterocycles. The molecule has 2 N–H and O–H groups in total. The van der Waals surface area contributed by atoms with E-state index in [0.29, 0.717) is 30.3 Å². The zero-order valence-corrected chi connectivity index (χ0v) is 16.7. The first kappa shape index (κ1) is 19.5. The van der Waals surface area contributed by atoms with Crippen molar-refractivity contribution in [3.8, 4) is 5.82 Å². The Bertz CT molecular complexity index is 1110. The SMILES string of the molecule is O=c1c(Cc2cccnc2)c[nH]n1-c1ccc(S(=O)(=O)NCC2CCCC2)cn1. The fraction of sp³-hybridized carbons (Fsp3) is 0.350. The quantitative estimate of drug-likeness (QED) is 0.616. The molecule has 0 saturated heterocycles. The number of aromatic nitrogens is 4. The second-order valence-corrected chi connectivity index (χ2v) is 9.10. The maximum absolute atomic E-state index is 12.6. The molecule has 3 aromatic rings. The van der Waals surface area contributed by atoms with Gasteiger partial charge in [0.25, 0.3) is 5.56 Å². The summed E-state index contributed by atoms with van der Waals surface area (Å²) in [4.78, 5) is 21.0. The molecule has 0 amide bonds. The number of hydrogen-bond donors (Lipinski definition) is 2. The van der Waals surface area contributed by atoms with E-state index in [-0.39, 0.29) is 10.5 Å². The molecule has 9 heteroatoms. The average Bonchev–Trinajstić information content (AvgIpc) is 3.38. The van der Waals surface area contributed by atoms with Gasteiger partial charge < -0.3 is 0 Å². The lowest BCUT2D eigenvalue weighted by Crippen LogP contribution is -2.28. The van der Waals surface area contributed by atoms with Gasteiger partial charge in [-0.05, 0) is 42.5 Å². The van der Waals surface area contributed by atoms with Crippen LogP contribution in [-0.2, 0) is 16.4 Å². The first-order valence-electron chi connectivity index (χ1n) is 9.67. The highest BCUT2D eigenvalue weighted by Crippen LogP contribution is 2.24. The molecule has 0 aromatic carbocycles. The van der Waals surface area contributed by atoms with Gasteiger partial charge in [-0.25, -0.2) is 22.8 Å². The van der Waals surface area contributed by atoms with Crippen molar-refractivity contribution in [1.29, 1.82) is 0 Å². The van der Waals surface area contributed by atoms with Gasteiger partial charge in [-0.15, -0.1) is 0 Å². The van der Waals surface area contributed by atoms with Crippen LogP contribution in [0, 0.1) is 5.92 Å². The topological polar surface area (TPSA) is 110 Å². The second-order valence-electron chi connectivity index (χ2n) is 7.33. The maximum Gasteiger partial charge on any atom is 0.276 e. The lowest BCUT2D eigenvalue weighted by atomic mass is 10.1. The van der Waals surface area contributed by atoms with Gasteiger partial charge >= 0.3 is 0 Å². The lowest BCUT2D eigenvalue weighted by Gasteiger charge is -2.11. The molecule has 29 heavy (non-hydrogen) atoms. The summed E-state index contributed by atoms with van der Waals surface area (Å²) >= 11 is 0. The van der Waals surface area contributed by atoms with E-state index in [0.717, 1.165) is 31.2 Å². The summed E-state index contributed by atoms with van der Waals surface area (Å²) in [7, 11) is -3.61. The number of sulfonamides is 1. The van der Waals surface area contributed by atoms with Gasteiger partial charge in [-0.3, -0.25) is 14.9 Å². The molecule has 152 valence electrons. The van der Waals surface area contributed by atoms with Gasteiger partial charge in [-0.1, -0.05) is 18.9 Å². The molecule has 1 aliphatic rings. The molecule has 1 fully saturated rings. The van der Waals surface area contributed by atoms with Crippen LogP contribution >= 0.6 is 0 Å². The van der Waals surface area contributed by atoms with Crippen molar-refractivity contribution in [3.63, 3.8) is 0 Å². The maximum atomic E-state index is 12.6. The molecule has 0 radical (unpaired) electrons. The van der Waals surface area contributed by atoms with Gasteiger partial charge in [0.15, 0.2) is 5.82 Å². The van der Waals surface area contributed by atoms with Crippen molar-refractivity contribution in [3.05, 3.63) is 70.5 Å². The minimum atomic E-state index is -3.61. The number of nitrogens with zero attached hydrogens (tertiary/aromatic N) is 3. The number of pyridine rings is 2. The van der Waals surface area contributed by atoms with E-state index in [9.17, 15) is 13.2 Å². The van der Waals surface area contributed by atoms with Crippen LogP contribution < -0.4 is 10.3 Å². The van der Waals surface area contributed by atoms with E-state index >= 15 is 0 Å². The average molecular weight is 414 g/mol. The normalized spacial score (nSPS) is 15.0. The largest absolute Gasteiger partial charge is 0.296 e. The van der Waals surface area contributed by atoms with Gasteiger partial charge in [0, 0.05) is 43.3 Å². The molecule has 3 heterocycles. The zero-order chi connectivity index (χ0) is 20.3. The predicted molar refractivity (Wildman–Crippen MR) is 108 cm³/mol. The predicted octanol–water partition coefficient (Wildman–Crippen LogP) is 2.01. The Hall–Kier alpha value is -2.78. The molecule has 0 aliphatic heterocycles. The van der Waals surface area contributed by atoms with Crippen LogP contribution in [0.1, 0.15) is 36.8 Å². The Morgan fingerprint density at radius 1 is 1.17 bits per heavy atom. The summed E-state index contributed by atoms with van der Waals surface area (Å²) in [5.74, 6) is 0.745. The highest BCUT2D eigenvalue weighted by molar-refractivity contribution is 7.89. The molecule has 4 rings (SSSR count). The van der Waals surface area contributed by atoms with Crippen LogP contribution in [0.25, 0.3) is 5.82 Å². The minimum Gasteiger partial charge on any atom is -0.296 e. The smallest absolute Gasteiger partial charge is 0.276 e. The third-order valence-electron chi connectivity index (χ3n) is 5.26. The zero-order valence-electron chi connectivity index (χ0n) is 15.9. The van der Waals surface area contributed by atoms with E-state index in [1.807, 2.05) is 12.1 Å². The first-order chi connectivity index (χ1) is 14.0. The van der Waals surface area contributed by atoms with Crippen LogP contribution in [0.3, 0.4) is 0 Å². The highest BCUT2D eigenvalue weighted by atomic mass is 32.2. The van der Waals surface area contributed by atoms with E-state index < -0.39 is 10.0 Å². The fourth-order valence-corrected chi connectivity index (χ4v) is 4.68. The van der Waals surface area contributed by atoms with E-state index in [4.69, 9.17) is 0 Å². The number of H-pyrrole nitrogens is 1. The van der Waals surface area contributed by atoms with Gasteiger partial charge in [-0.2, -0.15) is 0 Å². The Kier molecular flexibility index (Phi) is 5.59. The fourth-order valence-electron chi connectivity index (χ4n) is 3.61. The molecular weight excluding hydrogens is 390 g/mol. The van der Waals surface area contributed by atoms with Crippen LogP contribution in [0.2, 0.25) is 0 Å². The number of hydrogen-bond acceptors (Lipinski definition) is 5. The third-order valence-corrected chi connectivity index (χ3v) is 6.67. The van der Waals surface area contributed by atoms with Crippen LogP contribution in [0.5, 0.6) is 0 Å². The summed E-state index contributed by atoms with van der Waals surface area (Å²) in [5.41, 5.74) is 1.28. The first-order valence-corrected chi connectivity index (χ1v) is 11.2. The Balaban J connectivity index is 1.48. The summed E-state index contributed by atoms with van der Waals surface area (Å²) in [6, 6.07) is 6.71. The van der Waals surface area contributed by atoms with Crippen molar-refractivity contribution in [1.82, 2.24) is 24.5 Å². The molecule has 1 aliphatic carbocycles. The Morgan fingerprint density at radius 3 is 2.69 bits per heavy atom. The minimum absolute atomic E-state index is 0.0921.